The molecule has 0 saturated carbocycles. The van der Waals surface area contributed by atoms with Crippen LogP contribution in [0.3, 0.4) is 0 Å². The Labute approximate surface area is 92.0 Å². The standard InChI is InChI=1S/C11H10N2O3/c1-6(14)12-7-3-4-8-9(5-7)11(16)13(2)10(8)15/h3-5H,1-2H3,(H,12,14). The van der Waals surface area contributed by atoms with Crippen LogP contribution in [-0.2, 0) is 4.79 Å². The van der Waals surface area contributed by atoms with Crippen LogP contribution in [0.1, 0.15) is 27.6 Å². The van der Waals surface area contributed by atoms with Gasteiger partial charge in [-0.25, -0.2) is 0 Å². The Morgan fingerprint density at radius 1 is 1.19 bits per heavy atom. The van der Waals surface area contributed by atoms with Crippen LogP contribution in [0.5, 0.6) is 0 Å². The first-order chi connectivity index (χ1) is 7.50. The number of carbonyl (C=O) groups is 3. The van der Waals surface area contributed by atoms with Crippen molar-refractivity contribution in [3.63, 3.8) is 0 Å². The second-order valence-electron chi connectivity index (χ2n) is 3.61. The third-order valence-corrected chi connectivity index (χ3v) is 2.41. The van der Waals surface area contributed by atoms with E-state index in [4.69, 9.17) is 0 Å². The van der Waals surface area contributed by atoms with E-state index in [1.807, 2.05) is 0 Å². The molecule has 1 aromatic rings. The molecule has 1 aliphatic heterocycles. The van der Waals surface area contributed by atoms with E-state index in [0.717, 1.165) is 4.90 Å². The Balaban J connectivity index is 2.45. The lowest BCUT2D eigenvalue weighted by Gasteiger charge is -2.03. The van der Waals surface area contributed by atoms with Gasteiger partial charge in [0.15, 0.2) is 0 Å². The molecular weight excluding hydrogens is 208 g/mol. The van der Waals surface area contributed by atoms with Crippen LogP contribution in [0.15, 0.2) is 18.2 Å². The summed E-state index contributed by atoms with van der Waals surface area (Å²) in [6.45, 7) is 1.38. The van der Waals surface area contributed by atoms with Gasteiger partial charge in [0, 0.05) is 19.7 Å². The van der Waals surface area contributed by atoms with Crippen molar-refractivity contribution in [3.8, 4) is 0 Å². The predicted octanol–water partition coefficient (Wildman–Crippen LogP) is 0.871. The van der Waals surface area contributed by atoms with Crippen molar-refractivity contribution >= 4 is 23.4 Å². The third kappa shape index (κ3) is 1.46. The summed E-state index contributed by atoms with van der Waals surface area (Å²) in [6, 6.07) is 4.66. The van der Waals surface area contributed by atoms with Gasteiger partial charge in [0.05, 0.1) is 11.1 Å². The summed E-state index contributed by atoms with van der Waals surface area (Å²) >= 11 is 0. The molecule has 0 bridgehead atoms. The molecule has 16 heavy (non-hydrogen) atoms. The molecule has 0 fully saturated rings. The molecule has 0 unspecified atom stereocenters. The third-order valence-electron chi connectivity index (χ3n) is 2.41. The zero-order valence-corrected chi connectivity index (χ0v) is 8.90. The largest absolute Gasteiger partial charge is 0.326 e. The molecule has 1 aromatic carbocycles. The maximum atomic E-state index is 11.6. The van der Waals surface area contributed by atoms with Crippen molar-refractivity contribution in [3.05, 3.63) is 29.3 Å². The van der Waals surface area contributed by atoms with Gasteiger partial charge in [-0.15, -0.1) is 0 Å². The van der Waals surface area contributed by atoms with E-state index < -0.39 is 0 Å². The Morgan fingerprint density at radius 2 is 1.81 bits per heavy atom. The second-order valence-corrected chi connectivity index (χ2v) is 3.61. The summed E-state index contributed by atoms with van der Waals surface area (Å²) in [5, 5.41) is 2.56. The van der Waals surface area contributed by atoms with Crippen LogP contribution in [-0.4, -0.2) is 29.7 Å². The Kier molecular flexibility index (Phi) is 2.23. The SMILES string of the molecule is CC(=O)Nc1ccc2c(c1)C(=O)N(C)C2=O. The number of hydrogen-bond acceptors (Lipinski definition) is 3. The number of nitrogens with zero attached hydrogens (tertiary/aromatic N) is 1. The van der Waals surface area contributed by atoms with Crippen molar-refractivity contribution in [2.24, 2.45) is 0 Å². The number of amides is 3. The first-order valence-corrected chi connectivity index (χ1v) is 4.74. The number of fused-ring (bicyclic) bond motifs is 1. The molecule has 0 aromatic heterocycles. The molecule has 0 saturated heterocycles. The summed E-state index contributed by atoms with van der Waals surface area (Å²) in [6.07, 6.45) is 0. The van der Waals surface area contributed by atoms with Gasteiger partial charge in [-0.1, -0.05) is 0 Å². The van der Waals surface area contributed by atoms with Crippen molar-refractivity contribution < 1.29 is 14.4 Å². The zero-order chi connectivity index (χ0) is 11.9. The molecule has 0 radical (unpaired) electrons. The number of carbonyl (C=O) groups excluding carboxylic acids is 3. The molecule has 0 atom stereocenters. The van der Waals surface area contributed by atoms with Gasteiger partial charge < -0.3 is 5.32 Å². The van der Waals surface area contributed by atoms with Gasteiger partial charge >= 0.3 is 0 Å². The topological polar surface area (TPSA) is 66.5 Å². The molecule has 1 heterocycles. The summed E-state index contributed by atoms with van der Waals surface area (Å²) in [7, 11) is 1.43. The first kappa shape index (κ1) is 10.4. The van der Waals surface area contributed by atoms with E-state index in [-0.39, 0.29) is 17.7 Å². The van der Waals surface area contributed by atoms with Gasteiger partial charge in [0.2, 0.25) is 5.91 Å². The van der Waals surface area contributed by atoms with E-state index in [0.29, 0.717) is 16.8 Å². The second kappa shape index (κ2) is 3.44. The van der Waals surface area contributed by atoms with Crippen LogP contribution >= 0.6 is 0 Å². The van der Waals surface area contributed by atoms with Crippen molar-refractivity contribution in [1.29, 1.82) is 0 Å². The molecule has 1 aliphatic rings. The van der Waals surface area contributed by atoms with Gasteiger partial charge in [-0.3, -0.25) is 19.3 Å². The van der Waals surface area contributed by atoms with E-state index in [9.17, 15) is 14.4 Å². The van der Waals surface area contributed by atoms with Crippen molar-refractivity contribution in [1.82, 2.24) is 4.90 Å². The molecule has 82 valence electrons. The minimum atomic E-state index is -0.341. The number of rotatable bonds is 1. The van der Waals surface area contributed by atoms with E-state index in [2.05, 4.69) is 5.32 Å². The minimum Gasteiger partial charge on any atom is -0.326 e. The molecular formula is C11H10N2O3. The highest BCUT2D eigenvalue weighted by Gasteiger charge is 2.32. The van der Waals surface area contributed by atoms with Crippen molar-refractivity contribution in [2.75, 3.05) is 12.4 Å². The van der Waals surface area contributed by atoms with Crippen LogP contribution in [0.4, 0.5) is 5.69 Å². The molecule has 5 nitrogen and oxygen atoms in total. The smallest absolute Gasteiger partial charge is 0.261 e. The van der Waals surface area contributed by atoms with Crippen molar-refractivity contribution in [2.45, 2.75) is 6.92 Å². The predicted molar refractivity (Wildman–Crippen MR) is 57.2 cm³/mol. The Morgan fingerprint density at radius 3 is 2.44 bits per heavy atom. The van der Waals surface area contributed by atoms with Crippen LogP contribution in [0, 0.1) is 0 Å². The summed E-state index contributed by atoms with van der Waals surface area (Å²) in [5.41, 5.74) is 1.23. The molecule has 2 rings (SSSR count). The highest BCUT2D eigenvalue weighted by atomic mass is 16.2. The number of imide groups is 1. The molecule has 1 N–H and O–H groups in total. The van der Waals surface area contributed by atoms with Crippen LogP contribution < -0.4 is 5.32 Å². The number of benzene rings is 1. The fraction of sp³-hybridized carbons (Fsp3) is 0.182. The van der Waals surface area contributed by atoms with Crippen LogP contribution in [0.2, 0.25) is 0 Å². The highest BCUT2D eigenvalue weighted by molar-refractivity contribution is 6.21. The first-order valence-electron chi connectivity index (χ1n) is 4.74. The Bertz CT molecular complexity index is 508. The highest BCUT2D eigenvalue weighted by Crippen LogP contribution is 2.24. The molecule has 3 amide bonds. The summed E-state index contributed by atoms with van der Waals surface area (Å²) < 4.78 is 0. The van der Waals surface area contributed by atoms with Gasteiger partial charge in [0.1, 0.15) is 0 Å². The summed E-state index contributed by atoms with van der Waals surface area (Å²) in [5.74, 6) is -0.869. The number of nitrogens with one attached hydrogen (secondary N) is 1. The lowest BCUT2D eigenvalue weighted by Crippen LogP contribution is -2.24. The lowest BCUT2D eigenvalue weighted by molar-refractivity contribution is -0.114. The zero-order valence-electron chi connectivity index (χ0n) is 8.90. The molecule has 0 aliphatic carbocycles. The number of hydrogen-bond donors (Lipinski definition) is 1. The van der Waals surface area contributed by atoms with E-state index in [1.165, 1.54) is 20.0 Å². The minimum absolute atomic E-state index is 0.218. The van der Waals surface area contributed by atoms with E-state index >= 15 is 0 Å². The average molecular weight is 218 g/mol. The Hall–Kier alpha value is -2.17. The number of anilines is 1. The normalized spacial score (nSPS) is 14.0. The van der Waals surface area contributed by atoms with E-state index in [1.54, 1.807) is 12.1 Å². The lowest BCUT2D eigenvalue weighted by atomic mass is 10.1. The maximum absolute atomic E-state index is 11.6. The average Bonchev–Trinajstić information content (AvgIpc) is 2.43. The summed E-state index contributed by atoms with van der Waals surface area (Å²) in [4.78, 5) is 35.1. The van der Waals surface area contributed by atoms with Crippen LogP contribution in [0.25, 0.3) is 0 Å². The monoisotopic (exact) mass is 218 g/mol. The van der Waals surface area contributed by atoms with Gasteiger partial charge in [-0.2, -0.15) is 0 Å². The molecule has 5 heteroatoms. The fourth-order valence-corrected chi connectivity index (χ4v) is 1.64. The quantitative estimate of drug-likeness (QED) is 0.711. The van der Waals surface area contributed by atoms with Gasteiger partial charge in [-0.05, 0) is 18.2 Å². The van der Waals surface area contributed by atoms with Gasteiger partial charge in [0.25, 0.3) is 11.8 Å². The fourth-order valence-electron chi connectivity index (χ4n) is 1.64. The maximum Gasteiger partial charge on any atom is 0.261 e. The molecule has 0 spiro atoms.